The summed E-state index contributed by atoms with van der Waals surface area (Å²) in [5.74, 6) is 0.892. The Labute approximate surface area is 82.7 Å². The number of nitrogens with zero attached hydrogens (tertiary/aromatic N) is 1. The van der Waals surface area contributed by atoms with Crippen LogP contribution in [0.5, 0.6) is 0 Å². The van der Waals surface area contributed by atoms with Crippen LogP contribution in [0.15, 0.2) is 0 Å². The first-order valence-corrected chi connectivity index (χ1v) is 5.61. The zero-order valence-electron chi connectivity index (χ0n) is 9.51. The van der Waals surface area contributed by atoms with Gasteiger partial charge in [-0.25, -0.2) is 0 Å². The Morgan fingerprint density at radius 3 is 2.62 bits per heavy atom. The number of hydrogen-bond donors (Lipinski definition) is 1. The lowest BCUT2D eigenvalue weighted by molar-refractivity contribution is 0.240. The van der Waals surface area contributed by atoms with Gasteiger partial charge in [-0.05, 0) is 32.7 Å². The van der Waals surface area contributed by atoms with Gasteiger partial charge in [-0.3, -0.25) is 4.90 Å². The molecule has 0 aromatic heterocycles. The number of rotatable bonds is 4. The highest BCUT2D eigenvalue weighted by molar-refractivity contribution is 4.82. The second-order valence-electron chi connectivity index (χ2n) is 4.60. The van der Waals surface area contributed by atoms with Gasteiger partial charge in [0.15, 0.2) is 0 Å². The maximum Gasteiger partial charge on any atom is 0.0166 e. The van der Waals surface area contributed by atoms with Crippen molar-refractivity contribution in [3.63, 3.8) is 0 Å². The molecule has 1 saturated heterocycles. The first kappa shape index (κ1) is 11.0. The Hall–Kier alpha value is -0.0800. The van der Waals surface area contributed by atoms with Gasteiger partial charge in [0.2, 0.25) is 0 Å². The molecule has 0 amide bonds. The molecule has 0 aromatic carbocycles. The SMILES string of the molecule is CCNC(C)CN1CC(C)CC1C. The van der Waals surface area contributed by atoms with Crippen LogP contribution in [0, 0.1) is 5.92 Å². The highest BCUT2D eigenvalue weighted by Crippen LogP contribution is 2.21. The minimum Gasteiger partial charge on any atom is -0.313 e. The third kappa shape index (κ3) is 3.28. The van der Waals surface area contributed by atoms with E-state index in [1.54, 1.807) is 0 Å². The minimum absolute atomic E-state index is 0.637. The van der Waals surface area contributed by atoms with E-state index < -0.39 is 0 Å². The molecule has 0 bridgehead atoms. The van der Waals surface area contributed by atoms with E-state index in [2.05, 4.69) is 37.9 Å². The Kier molecular flexibility index (Phi) is 4.20. The van der Waals surface area contributed by atoms with E-state index >= 15 is 0 Å². The van der Waals surface area contributed by atoms with E-state index in [1.807, 2.05) is 0 Å². The molecule has 2 nitrogen and oxygen atoms in total. The molecule has 0 aliphatic carbocycles. The van der Waals surface area contributed by atoms with E-state index in [-0.39, 0.29) is 0 Å². The Morgan fingerprint density at radius 1 is 1.46 bits per heavy atom. The molecule has 1 aliphatic heterocycles. The quantitative estimate of drug-likeness (QED) is 0.715. The third-order valence-corrected chi connectivity index (χ3v) is 2.97. The van der Waals surface area contributed by atoms with Crippen molar-refractivity contribution in [3.8, 4) is 0 Å². The summed E-state index contributed by atoms with van der Waals surface area (Å²) in [5, 5.41) is 3.47. The van der Waals surface area contributed by atoms with Gasteiger partial charge < -0.3 is 5.32 Å². The molecule has 13 heavy (non-hydrogen) atoms. The summed E-state index contributed by atoms with van der Waals surface area (Å²) in [6.45, 7) is 12.7. The monoisotopic (exact) mass is 184 g/mol. The Balaban J connectivity index is 2.28. The smallest absolute Gasteiger partial charge is 0.0166 e. The Morgan fingerprint density at radius 2 is 2.15 bits per heavy atom. The average molecular weight is 184 g/mol. The number of likely N-dealkylation sites (N-methyl/N-ethyl adjacent to an activating group) is 1. The first-order chi connectivity index (χ1) is 6.13. The van der Waals surface area contributed by atoms with Gasteiger partial charge in [0, 0.05) is 25.2 Å². The van der Waals surface area contributed by atoms with Crippen LogP contribution in [0.1, 0.15) is 34.1 Å². The molecule has 0 spiro atoms. The van der Waals surface area contributed by atoms with Crippen molar-refractivity contribution in [2.24, 2.45) is 5.92 Å². The average Bonchev–Trinajstić information content (AvgIpc) is 2.30. The maximum atomic E-state index is 3.47. The van der Waals surface area contributed by atoms with Crippen molar-refractivity contribution in [3.05, 3.63) is 0 Å². The normalized spacial score (nSPS) is 32.3. The topological polar surface area (TPSA) is 15.3 Å². The van der Waals surface area contributed by atoms with Crippen LogP contribution in [-0.2, 0) is 0 Å². The molecule has 1 N–H and O–H groups in total. The molecule has 3 atom stereocenters. The van der Waals surface area contributed by atoms with Crippen molar-refractivity contribution in [2.75, 3.05) is 19.6 Å². The molecule has 0 radical (unpaired) electrons. The van der Waals surface area contributed by atoms with Crippen LogP contribution in [0.25, 0.3) is 0 Å². The lowest BCUT2D eigenvalue weighted by Crippen LogP contribution is -2.40. The van der Waals surface area contributed by atoms with Gasteiger partial charge in [-0.15, -0.1) is 0 Å². The lowest BCUT2D eigenvalue weighted by Gasteiger charge is -2.25. The van der Waals surface area contributed by atoms with Crippen LogP contribution in [-0.4, -0.2) is 36.6 Å². The summed E-state index contributed by atoms with van der Waals surface area (Å²) in [5.41, 5.74) is 0. The molecule has 1 rings (SSSR count). The van der Waals surface area contributed by atoms with E-state index in [0.29, 0.717) is 6.04 Å². The maximum absolute atomic E-state index is 3.47. The standard InChI is InChI=1S/C11H24N2/c1-5-12-10(3)8-13-7-9(2)6-11(13)4/h9-12H,5-8H2,1-4H3. The van der Waals surface area contributed by atoms with Gasteiger partial charge in [0.25, 0.3) is 0 Å². The largest absolute Gasteiger partial charge is 0.313 e. The summed E-state index contributed by atoms with van der Waals surface area (Å²) < 4.78 is 0. The second kappa shape index (κ2) is 4.97. The number of likely N-dealkylation sites (tertiary alicyclic amines) is 1. The van der Waals surface area contributed by atoms with Crippen LogP contribution < -0.4 is 5.32 Å². The lowest BCUT2D eigenvalue weighted by atomic mass is 10.1. The van der Waals surface area contributed by atoms with Crippen LogP contribution in [0.2, 0.25) is 0 Å². The van der Waals surface area contributed by atoms with Crippen LogP contribution in [0.3, 0.4) is 0 Å². The zero-order valence-corrected chi connectivity index (χ0v) is 9.51. The fourth-order valence-electron chi connectivity index (χ4n) is 2.41. The summed E-state index contributed by atoms with van der Waals surface area (Å²) >= 11 is 0. The zero-order chi connectivity index (χ0) is 9.84. The highest BCUT2D eigenvalue weighted by Gasteiger charge is 2.26. The molecule has 78 valence electrons. The predicted octanol–water partition coefficient (Wildman–Crippen LogP) is 1.71. The molecule has 1 heterocycles. The molecule has 3 unspecified atom stereocenters. The Bertz CT molecular complexity index is 147. The fraction of sp³-hybridized carbons (Fsp3) is 1.00. The number of nitrogens with one attached hydrogen (secondary N) is 1. The van der Waals surface area contributed by atoms with Crippen LogP contribution in [0.4, 0.5) is 0 Å². The summed E-state index contributed by atoms with van der Waals surface area (Å²) in [4.78, 5) is 2.61. The van der Waals surface area contributed by atoms with E-state index in [0.717, 1.165) is 18.5 Å². The summed E-state index contributed by atoms with van der Waals surface area (Å²) in [7, 11) is 0. The summed E-state index contributed by atoms with van der Waals surface area (Å²) in [6, 6.07) is 1.42. The molecular formula is C11H24N2. The second-order valence-corrected chi connectivity index (χ2v) is 4.60. The van der Waals surface area contributed by atoms with Crippen molar-refractivity contribution < 1.29 is 0 Å². The van der Waals surface area contributed by atoms with Gasteiger partial charge in [-0.2, -0.15) is 0 Å². The van der Waals surface area contributed by atoms with Crippen molar-refractivity contribution in [2.45, 2.75) is 46.2 Å². The molecular weight excluding hydrogens is 160 g/mol. The van der Waals surface area contributed by atoms with Crippen molar-refractivity contribution in [1.29, 1.82) is 0 Å². The van der Waals surface area contributed by atoms with Gasteiger partial charge >= 0.3 is 0 Å². The molecule has 2 heteroatoms. The van der Waals surface area contributed by atoms with Gasteiger partial charge in [0.05, 0.1) is 0 Å². The van der Waals surface area contributed by atoms with Gasteiger partial charge in [0.1, 0.15) is 0 Å². The van der Waals surface area contributed by atoms with Gasteiger partial charge in [-0.1, -0.05) is 13.8 Å². The van der Waals surface area contributed by atoms with Crippen LogP contribution >= 0.6 is 0 Å². The van der Waals surface area contributed by atoms with Crippen molar-refractivity contribution >= 4 is 0 Å². The van der Waals surface area contributed by atoms with Crippen molar-refractivity contribution in [1.82, 2.24) is 10.2 Å². The molecule has 1 aliphatic rings. The van der Waals surface area contributed by atoms with E-state index in [4.69, 9.17) is 0 Å². The third-order valence-electron chi connectivity index (χ3n) is 2.97. The molecule has 0 saturated carbocycles. The van der Waals surface area contributed by atoms with E-state index in [1.165, 1.54) is 19.5 Å². The molecule has 1 fully saturated rings. The highest BCUT2D eigenvalue weighted by atomic mass is 15.2. The molecule has 0 aromatic rings. The minimum atomic E-state index is 0.637. The first-order valence-electron chi connectivity index (χ1n) is 5.61. The van der Waals surface area contributed by atoms with E-state index in [9.17, 15) is 0 Å². The fourth-order valence-corrected chi connectivity index (χ4v) is 2.41. The summed E-state index contributed by atoms with van der Waals surface area (Å²) in [6.07, 6.45) is 1.37. The predicted molar refractivity (Wildman–Crippen MR) is 58.0 cm³/mol. The number of hydrogen-bond acceptors (Lipinski definition) is 2.